The van der Waals surface area contributed by atoms with E-state index in [0.717, 1.165) is 83.3 Å². The van der Waals surface area contributed by atoms with E-state index in [-0.39, 0.29) is 5.57 Å². The normalized spacial score (nSPS) is 15.1. The number of thioether (sulfide) groups is 3. The topological polar surface area (TPSA) is 73.4 Å². The van der Waals surface area contributed by atoms with Crippen molar-refractivity contribution in [3.05, 3.63) is 104 Å². The molecule has 0 saturated carbocycles. The molecule has 4 aromatic rings. The SMILES string of the molecule is C=C(/C=C\C(=C/C)CCC(CC)CCCC)c1ccc(-c2c3c(c(C4=CCC=C(c5ccc(CCC(CC)CCCC)cc5P)S4)c4nsnc24)SC(=C(C#N)C#N)S3)s1. The fraction of sp³-hybridized carbons (Fsp3) is 0.400. The Hall–Kier alpha value is -3.14. The van der Waals surface area contributed by atoms with Gasteiger partial charge in [-0.15, -0.1) is 20.6 Å². The molecule has 0 amide bonds. The average Bonchev–Trinajstić information content (AvgIpc) is 4.06. The molecule has 2 aromatic carbocycles. The van der Waals surface area contributed by atoms with Crippen LogP contribution in [-0.2, 0) is 6.42 Å². The summed E-state index contributed by atoms with van der Waals surface area (Å²) in [6.07, 6.45) is 26.9. The van der Waals surface area contributed by atoms with Crippen LogP contribution in [0.15, 0.2) is 92.5 Å². The number of hydrogen-bond donors (Lipinski definition) is 0. The second kappa shape index (κ2) is 22.8. The van der Waals surface area contributed by atoms with Gasteiger partial charge in [-0.25, -0.2) is 0 Å². The second-order valence-corrected chi connectivity index (χ2v) is 21.3. The predicted octanol–water partition coefficient (Wildman–Crippen LogP) is 16.6. The molecule has 0 aliphatic carbocycles. The predicted molar refractivity (Wildman–Crippen MR) is 271 cm³/mol. The zero-order valence-corrected chi connectivity index (χ0v) is 41.0. The first-order chi connectivity index (χ1) is 29.3. The summed E-state index contributed by atoms with van der Waals surface area (Å²) in [5, 5.41) is 21.2. The summed E-state index contributed by atoms with van der Waals surface area (Å²) in [7, 11) is 3.00. The van der Waals surface area contributed by atoms with Crippen molar-refractivity contribution in [2.24, 2.45) is 11.8 Å². The lowest BCUT2D eigenvalue weighted by atomic mass is 9.92. The summed E-state index contributed by atoms with van der Waals surface area (Å²) in [5.41, 5.74) is 8.87. The van der Waals surface area contributed by atoms with Crippen LogP contribution in [-0.4, -0.2) is 8.75 Å². The van der Waals surface area contributed by atoms with Crippen LogP contribution in [0.4, 0.5) is 0 Å². The summed E-state index contributed by atoms with van der Waals surface area (Å²) in [5.74, 6) is 1.57. The molecule has 2 aliphatic rings. The number of fused-ring (bicyclic) bond motifs is 2. The summed E-state index contributed by atoms with van der Waals surface area (Å²) >= 11 is 7.77. The minimum absolute atomic E-state index is 0.136. The van der Waals surface area contributed by atoms with E-state index >= 15 is 0 Å². The van der Waals surface area contributed by atoms with Gasteiger partial charge < -0.3 is 0 Å². The van der Waals surface area contributed by atoms with Crippen LogP contribution in [0.5, 0.6) is 0 Å². The highest BCUT2D eigenvalue weighted by molar-refractivity contribution is 8.25. The first kappa shape index (κ1) is 46.4. The molecule has 6 rings (SSSR count). The number of rotatable bonds is 20. The summed E-state index contributed by atoms with van der Waals surface area (Å²) in [6.45, 7) is 15.8. The number of nitrogens with zero attached hydrogens (tertiary/aromatic N) is 4. The van der Waals surface area contributed by atoms with E-state index < -0.39 is 0 Å². The number of nitriles is 2. The maximum absolute atomic E-state index is 9.99. The highest BCUT2D eigenvalue weighted by atomic mass is 32.2. The molecule has 4 nitrogen and oxygen atoms in total. The largest absolute Gasteiger partial charge is 0.192 e. The number of unbranched alkanes of at least 4 members (excludes halogenated alkanes) is 2. The Kier molecular flexibility index (Phi) is 17.6. The Labute approximate surface area is 382 Å². The van der Waals surface area contributed by atoms with E-state index in [9.17, 15) is 10.5 Å². The summed E-state index contributed by atoms with van der Waals surface area (Å²) in [6, 6.07) is 15.6. The summed E-state index contributed by atoms with van der Waals surface area (Å²) < 4.78 is 10.6. The monoisotopic (exact) mass is 904 g/mol. The van der Waals surface area contributed by atoms with Gasteiger partial charge in [0.1, 0.15) is 28.7 Å². The van der Waals surface area contributed by atoms with Gasteiger partial charge in [-0.3, -0.25) is 0 Å². The number of hydrogen-bond acceptors (Lipinski definition) is 9. The van der Waals surface area contributed by atoms with Gasteiger partial charge in [0.2, 0.25) is 0 Å². The van der Waals surface area contributed by atoms with Crippen LogP contribution in [0.1, 0.15) is 133 Å². The van der Waals surface area contributed by atoms with E-state index in [1.807, 2.05) is 0 Å². The second-order valence-electron chi connectivity index (χ2n) is 15.7. The van der Waals surface area contributed by atoms with Crippen molar-refractivity contribution in [1.29, 1.82) is 10.5 Å². The molecule has 0 spiro atoms. The fourth-order valence-corrected chi connectivity index (χ4v) is 14.1. The zero-order valence-electron chi connectivity index (χ0n) is 35.7. The quantitative estimate of drug-likeness (QED) is 0.0497. The van der Waals surface area contributed by atoms with Gasteiger partial charge in [-0.1, -0.05) is 175 Å². The minimum Gasteiger partial charge on any atom is -0.192 e. The fourth-order valence-electron chi connectivity index (χ4n) is 7.91. The molecule has 0 saturated heterocycles. The van der Waals surface area contributed by atoms with E-state index in [2.05, 4.69) is 123 Å². The van der Waals surface area contributed by atoms with Crippen LogP contribution in [0.2, 0.25) is 0 Å². The smallest absolute Gasteiger partial charge is 0.150 e. The Morgan fingerprint density at radius 2 is 1.50 bits per heavy atom. The lowest BCUT2D eigenvalue weighted by Crippen LogP contribution is -2.06. The van der Waals surface area contributed by atoms with Crippen LogP contribution >= 0.6 is 67.6 Å². The van der Waals surface area contributed by atoms with Crippen molar-refractivity contribution in [2.75, 3.05) is 0 Å². The van der Waals surface area contributed by atoms with Crippen molar-refractivity contribution in [3.8, 4) is 22.6 Å². The third kappa shape index (κ3) is 11.1. The molecule has 0 radical (unpaired) electrons. The minimum atomic E-state index is 0.136. The highest BCUT2D eigenvalue weighted by Gasteiger charge is 2.34. The van der Waals surface area contributed by atoms with E-state index in [1.165, 1.54) is 126 Å². The molecule has 60 heavy (non-hydrogen) atoms. The maximum atomic E-state index is 9.99. The molecule has 2 aliphatic heterocycles. The Balaban J connectivity index is 1.29. The van der Waals surface area contributed by atoms with Gasteiger partial charge in [0.15, 0.2) is 0 Å². The van der Waals surface area contributed by atoms with Gasteiger partial charge in [0.05, 0.1) is 16.0 Å². The van der Waals surface area contributed by atoms with Gasteiger partial charge in [-0.2, -0.15) is 19.3 Å². The highest BCUT2D eigenvalue weighted by Crippen LogP contribution is 2.62. The molecule has 3 atom stereocenters. The number of allylic oxidation sites excluding steroid dienone is 8. The number of benzene rings is 2. The number of aryl methyl sites for hydroxylation is 1. The maximum Gasteiger partial charge on any atom is 0.150 e. The Morgan fingerprint density at radius 3 is 2.15 bits per heavy atom. The number of aromatic nitrogens is 2. The van der Waals surface area contributed by atoms with E-state index in [4.69, 9.17) is 8.75 Å². The average molecular weight is 905 g/mol. The number of thiophene rings is 1. The van der Waals surface area contributed by atoms with Crippen LogP contribution in [0.3, 0.4) is 0 Å². The van der Waals surface area contributed by atoms with E-state index in [0.29, 0.717) is 4.24 Å². The molecule has 4 heterocycles. The molecular formula is C50H57N4PS5. The van der Waals surface area contributed by atoms with Gasteiger partial charge in [0.25, 0.3) is 0 Å². The lowest BCUT2D eigenvalue weighted by molar-refractivity contribution is 0.422. The van der Waals surface area contributed by atoms with E-state index in [1.54, 1.807) is 23.1 Å². The molecule has 0 N–H and O–H groups in total. The standard InChI is InChI=1S/C50H57N4PS5/c1-7-12-15-33(9-3)21-22-35(11-5)20-19-32(6)40-27-28-43(56-40)45-47-46(53-60-54-47)44(48-49(45)59-50(58-48)37(30-51)31-52)42-18-14-17-41(57-42)38-26-25-36(29-39(38)55)24-23-34(10-4)16-13-8-2/h11,17-20,25-29,33-34H,6-10,12-16,21-24,55H2,1-5H3/b20-19-,35-11+. The molecule has 2 aromatic heterocycles. The Bertz CT molecular complexity index is 2420. The molecular weight excluding hydrogens is 848 g/mol. The molecule has 0 fully saturated rings. The Morgan fingerprint density at radius 1 is 0.833 bits per heavy atom. The van der Waals surface area contributed by atoms with Crippen molar-refractivity contribution in [2.45, 2.75) is 128 Å². The third-order valence-corrected chi connectivity index (χ3v) is 17.7. The molecule has 3 unspecified atom stereocenters. The van der Waals surface area contributed by atoms with Crippen LogP contribution in [0, 0.1) is 34.5 Å². The molecule has 312 valence electrons. The van der Waals surface area contributed by atoms with Crippen LogP contribution < -0.4 is 5.30 Å². The zero-order chi connectivity index (χ0) is 42.6. The van der Waals surface area contributed by atoms with Crippen molar-refractivity contribution < 1.29 is 0 Å². The summed E-state index contributed by atoms with van der Waals surface area (Å²) in [4.78, 5) is 6.61. The van der Waals surface area contributed by atoms with Gasteiger partial charge in [0, 0.05) is 40.5 Å². The lowest BCUT2D eigenvalue weighted by Gasteiger charge is -2.20. The first-order valence-electron chi connectivity index (χ1n) is 21.6. The van der Waals surface area contributed by atoms with Crippen molar-refractivity contribution in [3.63, 3.8) is 0 Å². The van der Waals surface area contributed by atoms with Crippen molar-refractivity contribution in [1.82, 2.24) is 8.75 Å². The molecule has 10 heteroatoms. The van der Waals surface area contributed by atoms with Gasteiger partial charge >= 0.3 is 0 Å². The first-order valence-corrected chi connectivity index (χ1v) is 26.2. The van der Waals surface area contributed by atoms with Crippen LogP contribution in [0.25, 0.3) is 36.9 Å². The third-order valence-electron chi connectivity index (χ3n) is 11.7. The molecule has 0 bridgehead atoms. The van der Waals surface area contributed by atoms with Gasteiger partial charge in [-0.05, 0) is 85.0 Å². The van der Waals surface area contributed by atoms with Crippen molar-refractivity contribution >= 4 is 99.3 Å².